The Labute approximate surface area is 112 Å². The van der Waals surface area contributed by atoms with Crippen LogP contribution in [0.1, 0.15) is 0 Å². The molecule has 3 heterocycles. The number of pyridine rings is 1. The molecule has 0 saturated heterocycles. The average molecular weight is 272 g/mol. The van der Waals surface area contributed by atoms with E-state index < -0.39 is 4.92 Å². The van der Waals surface area contributed by atoms with Crippen molar-refractivity contribution in [2.45, 2.75) is 0 Å². The van der Waals surface area contributed by atoms with E-state index in [0.29, 0.717) is 5.56 Å². The Kier molecular flexibility index (Phi) is 2.68. The van der Waals surface area contributed by atoms with Gasteiger partial charge < -0.3 is 14.7 Å². The molecule has 0 spiro atoms. The number of nitro groups is 1. The van der Waals surface area contributed by atoms with Crippen LogP contribution in [0.15, 0.2) is 45.6 Å². The van der Waals surface area contributed by atoms with Crippen molar-refractivity contribution in [3.63, 3.8) is 0 Å². The standard InChI is InChI=1S/C12H8N4O4/c13-12-10(7-3-5-14-6-4-7)11(20-15-12)8-1-2-9(19-8)16(17)18/h1-6H,(H2,13,15). The highest BCUT2D eigenvalue weighted by atomic mass is 16.6. The Morgan fingerprint density at radius 3 is 2.60 bits per heavy atom. The third kappa shape index (κ3) is 1.88. The Bertz CT molecular complexity index is 763. The van der Waals surface area contributed by atoms with Crippen LogP contribution in [0, 0.1) is 10.1 Å². The maximum Gasteiger partial charge on any atom is 0.433 e. The van der Waals surface area contributed by atoms with E-state index in [1.807, 2.05) is 0 Å². The molecule has 0 aromatic carbocycles. The third-order valence-electron chi connectivity index (χ3n) is 2.68. The van der Waals surface area contributed by atoms with Gasteiger partial charge in [-0.25, -0.2) is 0 Å². The summed E-state index contributed by atoms with van der Waals surface area (Å²) in [5.41, 5.74) is 7.02. The first kappa shape index (κ1) is 11.9. The zero-order valence-corrected chi connectivity index (χ0v) is 10.0. The number of nitrogens with zero attached hydrogens (tertiary/aromatic N) is 3. The van der Waals surface area contributed by atoms with Crippen molar-refractivity contribution in [2.24, 2.45) is 0 Å². The largest absolute Gasteiger partial charge is 0.433 e. The molecule has 0 radical (unpaired) electrons. The van der Waals surface area contributed by atoms with Gasteiger partial charge >= 0.3 is 5.88 Å². The second kappa shape index (κ2) is 4.50. The number of aromatic nitrogens is 2. The molecule has 2 N–H and O–H groups in total. The SMILES string of the molecule is Nc1noc(-c2ccc([N+](=O)[O-])o2)c1-c1ccncc1. The van der Waals surface area contributed by atoms with Gasteiger partial charge in [-0.1, -0.05) is 5.16 Å². The number of hydrogen-bond donors (Lipinski definition) is 1. The van der Waals surface area contributed by atoms with Gasteiger partial charge in [-0.15, -0.1) is 0 Å². The first-order valence-electron chi connectivity index (χ1n) is 5.57. The highest BCUT2D eigenvalue weighted by Crippen LogP contribution is 2.37. The summed E-state index contributed by atoms with van der Waals surface area (Å²) in [5.74, 6) is 0.218. The Morgan fingerprint density at radius 1 is 1.20 bits per heavy atom. The summed E-state index contributed by atoms with van der Waals surface area (Å²) < 4.78 is 10.2. The minimum Gasteiger partial charge on any atom is -0.397 e. The van der Waals surface area contributed by atoms with Crippen LogP contribution in [0.3, 0.4) is 0 Å². The van der Waals surface area contributed by atoms with Crippen molar-refractivity contribution >= 4 is 11.7 Å². The van der Waals surface area contributed by atoms with Crippen molar-refractivity contribution < 1.29 is 13.9 Å². The van der Waals surface area contributed by atoms with Crippen molar-refractivity contribution in [2.75, 3.05) is 5.73 Å². The topological polar surface area (TPSA) is 121 Å². The zero-order chi connectivity index (χ0) is 14.1. The van der Waals surface area contributed by atoms with E-state index in [0.717, 1.165) is 5.56 Å². The first-order valence-corrected chi connectivity index (χ1v) is 5.57. The lowest BCUT2D eigenvalue weighted by molar-refractivity contribution is -0.401. The molecule has 3 rings (SSSR count). The summed E-state index contributed by atoms with van der Waals surface area (Å²) in [6.07, 6.45) is 3.19. The second-order valence-corrected chi connectivity index (χ2v) is 3.90. The van der Waals surface area contributed by atoms with Gasteiger partial charge in [0.2, 0.25) is 5.76 Å². The maximum atomic E-state index is 10.6. The number of nitrogen functional groups attached to an aromatic ring is 1. The van der Waals surface area contributed by atoms with Crippen LogP contribution >= 0.6 is 0 Å². The molecule has 100 valence electrons. The van der Waals surface area contributed by atoms with Gasteiger partial charge in [-0.2, -0.15) is 0 Å². The smallest absolute Gasteiger partial charge is 0.397 e. The summed E-state index contributed by atoms with van der Waals surface area (Å²) in [4.78, 5) is 13.9. The fourth-order valence-electron chi connectivity index (χ4n) is 1.82. The van der Waals surface area contributed by atoms with Gasteiger partial charge in [0.1, 0.15) is 4.92 Å². The van der Waals surface area contributed by atoms with Gasteiger partial charge in [-0.05, 0) is 23.8 Å². The van der Waals surface area contributed by atoms with Crippen molar-refractivity contribution in [1.29, 1.82) is 0 Å². The first-order chi connectivity index (χ1) is 9.66. The molecule has 8 nitrogen and oxygen atoms in total. The number of rotatable bonds is 3. The molecule has 0 atom stereocenters. The number of anilines is 1. The normalized spacial score (nSPS) is 10.6. The monoisotopic (exact) mass is 272 g/mol. The van der Waals surface area contributed by atoms with Crippen molar-refractivity contribution in [1.82, 2.24) is 10.1 Å². The molecule has 0 bridgehead atoms. The average Bonchev–Trinajstić information content (AvgIpc) is 3.06. The lowest BCUT2D eigenvalue weighted by atomic mass is 10.1. The molecule has 20 heavy (non-hydrogen) atoms. The zero-order valence-electron chi connectivity index (χ0n) is 10.0. The van der Waals surface area contributed by atoms with Crippen LogP contribution in [0.25, 0.3) is 22.6 Å². The summed E-state index contributed by atoms with van der Waals surface area (Å²) in [6, 6.07) is 6.13. The molecule has 0 unspecified atom stereocenters. The predicted octanol–water partition coefficient (Wildman–Crippen LogP) is 2.49. The summed E-state index contributed by atoms with van der Waals surface area (Å²) in [6.45, 7) is 0. The van der Waals surface area contributed by atoms with E-state index in [2.05, 4.69) is 10.1 Å². The molecular weight excluding hydrogens is 264 g/mol. The Balaban J connectivity index is 2.13. The third-order valence-corrected chi connectivity index (χ3v) is 2.68. The van der Waals surface area contributed by atoms with Gasteiger partial charge in [-0.3, -0.25) is 15.1 Å². The Morgan fingerprint density at radius 2 is 1.95 bits per heavy atom. The van der Waals surface area contributed by atoms with E-state index in [9.17, 15) is 10.1 Å². The Hall–Kier alpha value is -3.16. The van der Waals surface area contributed by atoms with Crippen LogP contribution in [0.2, 0.25) is 0 Å². The second-order valence-electron chi connectivity index (χ2n) is 3.90. The summed E-state index contributed by atoms with van der Waals surface area (Å²) in [7, 11) is 0. The molecule has 3 aromatic heterocycles. The van der Waals surface area contributed by atoms with Crippen molar-refractivity contribution in [3.8, 4) is 22.6 Å². The molecule has 0 saturated carbocycles. The molecule has 8 heteroatoms. The van der Waals surface area contributed by atoms with Crippen LogP contribution in [0.5, 0.6) is 0 Å². The summed E-state index contributed by atoms with van der Waals surface area (Å²) in [5, 5.41) is 14.3. The molecular formula is C12H8N4O4. The molecule has 0 aliphatic rings. The van der Waals surface area contributed by atoms with E-state index >= 15 is 0 Å². The molecule has 0 aliphatic carbocycles. The highest BCUT2D eigenvalue weighted by molar-refractivity contribution is 5.84. The minimum atomic E-state index is -0.630. The van der Waals surface area contributed by atoms with E-state index in [1.165, 1.54) is 12.1 Å². The van der Waals surface area contributed by atoms with Crippen LogP contribution in [-0.4, -0.2) is 15.1 Å². The van der Waals surface area contributed by atoms with Crippen LogP contribution in [0.4, 0.5) is 11.7 Å². The van der Waals surface area contributed by atoms with Gasteiger partial charge in [0, 0.05) is 12.4 Å². The van der Waals surface area contributed by atoms with E-state index in [-0.39, 0.29) is 23.2 Å². The van der Waals surface area contributed by atoms with Crippen LogP contribution < -0.4 is 5.73 Å². The molecule has 0 aliphatic heterocycles. The fourth-order valence-corrected chi connectivity index (χ4v) is 1.82. The highest BCUT2D eigenvalue weighted by Gasteiger charge is 2.22. The van der Waals surface area contributed by atoms with Gasteiger partial charge in [0.15, 0.2) is 11.6 Å². The van der Waals surface area contributed by atoms with Gasteiger partial charge in [0.05, 0.1) is 11.6 Å². The van der Waals surface area contributed by atoms with Crippen LogP contribution in [-0.2, 0) is 0 Å². The lowest BCUT2D eigenvalue weighted by Crippen LogP contribution is -1.88. The van der Waals surface area contributed by atoms with E-state index in [1.54, 1.807) is 24.5 Å². The lowest BCUT2D eigenvalue weighted by Gasteiger charge is -1.99. The predicted molar refractivity (Wildman–Crippen MR) is 68.5 cm³/mol. The van der Waals surface area contributed by atoms with Gasteiger partial charge in [0.25, 0.3) is 0 Å². The quantitative estimate of drug-likeness (QED) is 0.574. The molecule has 0 amide bonds. The molecule has 3 aromatic rings. The summed E-state index contributed by atoms with van der Waals surface area (Å²) >= 11 is 0. The maximum absolute atomic E-state index is 10.6. The fraction of sp³-hybridized carbons (Fsp3) is 0. The number of hydrogen-bond acceptors (Lipinski definition) is 7. The minimum absolute atomic E-state index is 0.172. The number of furan rings is 1. The number of nitrogens with two attached hydrogens (primary N) is 1. The van der Waals surface area contributed by atoms with E-state index in [4.69, 9.17) is 14.7 Å². The van der Waals surface area contributed by atoms with Crippen molar-refractivity contribution in [3.05, 3.63) is 46.8 Å². The molecule has 0 fully saturated rings.